The van der Waals surface area contributed by atoms with E-state index in [-0.39, 0.29) is 28.5 Å². The van der Waals surface area contributed by atoms with Crippen LogP contribution in [0, 0.1) is 19.8 Å². The van der Waals surface area contributed by atoms with Crippen LogP contribution in [0.15, 0.2) is 64.0 Å². The minimum atomic E-state index is -3.81. The molecule has 1 fully saturated rings. The number of hydrogen-bond donors (Lipinski definition) is 2. The van der Waals surface area contributed by atoms with Crippen molar-refractivity contribution in [2.24, 2.45) is 5.92 Å². The van der Waals surface area contributed by atoms with E-state index in [1.807, 2.05) is 30.3 Å². The van der Waals surface area contributed by atoms with Crippen molar-refractivity contribution in [3.8, 4) is 0 Å². The summed E-state index contributed by atoms with van der Waals surface area (Å²) in [6, 6.07) is 16.0. The molecule has 3 aromatic rings. The zero-order chi connectivity index (χ0) is 20.6. The van der Waals surface area contributed by atoms with Crippen molar-refractivity contribution in [2.75, 3.05) is 10.0 Å². The van der Waals surface area contributed by atoms with Crippen LogP contribution in [0.25, 0.3) is 0 Å². The number of carbonyl (C=O) groups is 1. The van der Waals surface area contributed by atoms with Crippen LogP contribution in [-0.4, -0.2) is 19.5 Å². The van der Waals surface area contributed by atoms with Crippen molar-refractivity contribution in [1.82, 2.24) is 5.16 Å². The average Bonchev–Trinajstić information content (AvgIpc) is 3.47. The smallest absolute Gasteiger partial charge is 0.264 e. The molecule has 150 valence electrons. The summed E-state index contributed by atoms with van der Waals surface area (Å²) in [6.07, 6.45) is 0.822. The Hall–Kier alpha value is -3.13. The van der Waals surface area contributed by atoms with Gasteiger partial charge in [0.25, 0.3) is 10.0 Å². The summed E-state index contributed by atoms with van der Waals surface area (Å²) in [5, 5.41) is 6.60. The Balaban J connectivity index is 1.40. The molecule has 2 aromatic carbocycles. The van der Waals surface area contributed by atoms with E-state index in [9.17, 15) is 13.2 Å². The monoisotopic (exact) mass is 411 g/mol. The molecule has 0 saturated heterocycles. The Morgan fingerprint density at radius 3 is 2.38 bits per heavy atom. The maximum atomic E-state index is 12.5. The highest BCUT2D eigenvalue weighted by atomic mass is 32.2. The standard InChI is InChI=1S/C21H21N3O4S/c1-13-14(2)23-28-21(13)24-29(26,27)17-10-8-16(9-11-17)22-20(25)19-12-18(19)15-6-4-3-5-7-15/h3-11,18-19,24H,12H2,1-2H3,(H,22,25)/t18-,19+/m0/s1. The molecule has 0 bridgehead atoms. The predicted molar refractivity (Wildman–Crippen MR) is 109 cm³/mol. The van der Waals surface area contributed by atoms with E-state index in [1.165, 1.54) is 12.1 Å². The molecule has 8 heteroatoms. The van der Waals surface area contributed by atoms with Gasteiger partial charge in [0.1, 0.15) is 0 Å². The fraction of sp³-hybridized carbons (Fsp3) is 0.238. The van der Waals surface area contributed by atoms with Gasteiger partial charge in [-0.05, 0) is 56.0 Å². The SMILES string of the molecule is Cc1noc(NS(=O)(=O)c2ccc(NC(=O)[C@@H]3C[C@H]3c3ccccc3)cc2)c1C. The van der Waals surface area contributed by atoms with Gasteiger partial charge in [-0.3, -0.25) is 4.79 Å². The van der Waals surface area contributed by atoms with Gasteiger partial charge in [0.15, 0.2) is 0 Å². The molecule has 7 nitrogen and oxygen atoms in total. The van der Waals surface area contributed by atoms with Gasteiger partial charge in [0, 0.05) is 17.2 Å². The molecule has 0 aliphatic heterocycles. The third-order valence-corrected chi connectivity index (χ3v) is 6.52. The van der Waals surface area contributed by atoms with E-state index in [4.69, 9.17) is 4.52 Å². The summed E-state index contributed by atoms with van der Waals surface area (Å²) < 4.78 is 32.5. The Morgan fingerprint density at radius 2 is 1.76 bits per heavy atom. The number of anilines is 2. The molecule has 1 aliphatic rings. The molecule has 1 heterocycles. The van der Waals surface area contributed by atoms with Crippen LogP contribution < -0.4 is 10.0 Å². The normalized spacial score (nSPS) is 18.3. The van der Waals surface area contributed by atoms with Gasteiger partial charge in [-0.25, -0.2) is 13.1 Å². The summed E-state index contributed by atoms with van der Waals surface area (Å²) in [6.45, 7) is 3.46. The van der Waals surface area contributed by atoms with Crippen LogP contribution in [-0.2, 0) is 14.8 Å². The minimum absolute atomic E-state index is 0.0552. The first kappa shape index (κ1) is 19.2. The lowest BCUT2D eigenvalue weighted by molar-refractivity contribution is -0.117. The third kappa shape index (κ3) is 4.02. The fourth-order valence-electron chi connectivity index (χ4n) is 3.20. The van der Waals surface area contributed by atoms with E-state index >= 15 is 0 Å². The zero-order valence-corrected chi connectivity index (χ0v) is 16.9. The van der Waals surface area contributed by atoms with Crippen LogP contribution in [0.2, 0.25) is 0 Å². The molecule has 1 aliphatic carbocycles. The van der Waals surface area contributed by atoms with Gasteiger partial charge >= 0.3 is 0 Å². The predicted octanol–water partition coefficient (Wildman–Crippen LogP) is 3.83. The number of nitrogens with one attached hydrogen (secondary N) is 2. The topological polar surface area (TPSA) is 101 Å². The van der Waals surface area contributed by atoms with Crippen molar-refractivity contribution < 1.29 is 17.7 Å². The second-order valence-electron chi connectivity index (χ2n) is 7.20. The van der Waals surface area contributed by atoms with Crippen molar-refractivity contribution in [3.05, 3.63) is 71.4 Å². The number of aryl methyl sites for hydroxylation is 1. The highest BCUT2D eigenvalue weighted by Gasteiger charge is 2.43. The maximum Gasteiger partial charge on any atom is 0.264 e. The number of sulfonamides is 1. The van der Waals surface area contributed by atoms with Crippen molar-refractivity contribution in [3.63, 3.8) is 0 Å². The minimum Gasteiger partial charge on any atom is -0.337 e. The van der Waals surface area contributed by atoms with Crippen molar-refractivity contribution in [1.29, 1.82) is 0 Å². The lowest BCUT2D eigenvalue weighted by Gasteiger charge is -2.08. The highest BCUT2D eigenvalue weighted by molar-refractivity contribution is 7.92. The van der Waals surface area contributed by atoms with Gasteiger partial charge < -0.3 is 9.84 Å². The van der Waals surface area contributed by atoms with E-state index in [0.717, 1.165) is 12.0 Å². The van der Waals surface area contributed by atoms with E-state index in [0.29, 0.717) is 16.9 Å². The highest BCUT2D eigenvalue weighted by Crippen LogP contribution is 2.47. The molecule has 1 saturated carbocycles. The number of nitrogens with zero attached hydrogens (tertiary/aromatic N) is 1. The van der Waals surface area contributed by atoms with Crippen LogP contribution in [0.3, 0.4) is 0 Å². The van der Waals surface area contributed by atoms with Crippen molar-refractivity contribution in [2.45, 2.75) is 31.1 Å². The molecular formula is C21H21N3O4S. The van der Waals surface area contributed by atoms with E-state index in [1.54, 1.807) is 26.0 Å². The molecule has 0 unspecified atom stereocenters. The molecule has 2 N–H and O–H groups in total. The molecule has 0 spiro atoms. The lowest BCUT2D eigenvalue weighted by atomic mass is 10.1. The van der Waals surface area contributed by atoms with Gasteiger partial charge in [0.2, 0.25) is 11.8 Å². The molecule has 4 rings (SSSR count). The Bertz CT molecular complexity index is 1140. The summed E-state index contributed by atoms with van der Waals surface area (Å²) in [4.78, 5) is 12.5. The Labute approximate surface area is 169 Å². The first-order valence-corrected chi connectivity index (χ1v) is 10.7. The number of hydrogen-bond acceptors (Lipinski definition) is 5. The maximum absolute atomic E-state index is 12.5. The largest absolute Gasteiger partial charge is 0.337 e. The second-order valence-corrected chi connectivity index (χ2v) is 8.88. The number of rotatable bonds is 6. The van der Waals surface area contributed by atoms with Crippen LogP contribution >= 0.6 is 0 Å². The summed E-state index contributed by atoms with van der Waals surface area (Å²) in [5.41, 5.74) is 2.97. The Morgan fingerprint density at radius 1 is 1.07 bits per heavy atom. The molecule has 0 radical (unpaired) electrons. The number of amides is 1. The summed E-state index contributed by atoms with van der Waals surface area (Å²) in [5.74, 6) is 0.231. The van der Waals surface area contributed by atoms with Crippen LogP contribution in [0.5, 0.6) is 0 Å². The molecule has 29 heavy (non-hydrogen) atoms. The van der Waals surface area contributed by atoms with Gasteiger partial charge in [0.05, 0.1) is 10.6 Å². The molecular weight excluding hydrogens is 390 g/mol. The molecule has 1 amide bonds. The summed E-state index contributed by atoms with van der Waals surface area (Å²) in [7, 11) is -3.81. The quantitative estimate of drug-likeness (QED) is 0.642. The first-order chi connectivity index (χ1) is 13.8. The zero-order valence-electron chi connectivity index (χ0n) is 16.0. The number of aromatic nitrogens is 1. The van der Waals surface area contributed by atoms with E-state index in [2.05, 4.69) is 15.2 Å². The van der Waals surface area contributed by atoms with E-state index < -0.39 is 10.0 Å². The van der Waals surface area contributed by atoms with Gasteiger partial charge in [-0.1, -0.05) is 35.5 Å². The van der Waals surface area contributed by atoms with Crippen molar-refractivity contribution >= 4 is 27.5 Å². The second kappa shape index (κ2) is 7.36. The molecule has 2 atom stereocenters. The number of benzene rings is 2. The van der Waals surface area contributed by atoms with Gasteiger partial charge in [-0.2, -0.15) is 0 Å². The summed E-state index contributed by atoms with van der Waals surface area (Å²) >= 11 is 0. The Kier molecular flexibility index (Phi) is 4.87. The van der Waals surface area contributed by atoms with Crippen LogP contribution in [0.4, 0.5) is 11.6 Å². The lowest BCUT2D eigenvalue weighted by Crippen LogP contribution is -2.15. The fourth-order valence-corrected chi connectivity index (χ4v) is 4.24. The average molecular weight is 411 g/mol. The molecule has 1 aromatic heterocycles. The number of carbonyl (C=O) groups excluding carboxylic acids is 1. The third-order valence-electron chi connectivity index (χ3n) is 5.17. The van der Waals surface area contributed by atoms with Crippen LogP contribution in [0.1, 0.15) is 29.2 Å². The first-order valence-electron chi connectivity index (χ1n) is 9.27. The van der Waals surface area contributed by atoms with Gasteiger partial charge in [-0.15, -0.1) is 0 Å².